The van der Waals surface area contributed by atoms with E-state index in [0.29, 0.717) is 49.0 Å². The number of nitrogens with one attached hydrogen (secondary N) is 1. The highest BCUT2D eigenvalue weighted by atomic mass is 32.2. The van der Waals surface area contributed by atoms with Crippen molar-refractivity contribution in [3.8, 4) is 0 Å². The monoisotopic (exact) mass is 414 g/mol. The lowest BCUT2D eigenvalue weighted by molar-refractivity contribution is 0.316. The Labute approximate surface area is 169 Å². The zero-order valence-electron chi connectivity index (χ0n) is 16.2. The van der Waals surface area contributed by atoms with Crippen LogP contribution >= 0.6 is 0 Å². The van der Waals surface area contributed by atoms with Gasteiger partial charge >= 0.3 is 0 Å². The van der Waals surface area contributed by atoms with Gasteiger partial charge < -0.3 is 9.84 Å². The quantitative estimate of drug-likeness (QED) is 0.678. The van der Waals surface area contributed by atoms with E-state index in [4.69, 9.17) is 4.52 Å². The third-order valence-electron chi connectivity index (χ3n) is 5.03. The van der Waals surface area contributed by atoms with E-state index in [1.165, 1.54) is 4.31 Å². The molecule has 3 aromatic rings. The molecule has 0 unspecified atom stereocenters. The number of hydrogen-bond donors (Lipinski definition) is 1. The molecule has 0 amide bonds. The molecule has 3 aromatic heterocycles. The Morgan fingerprint density at radius 1 is 1.14 bits per heavy atom. The van der Waals surface area contributed by atoms with Crippen LogP contribution in [0, 0.1) is 13.8 Å². The summed E-state index contributed by atoms with van der Waals surface area (Å²) in [7, 11) is -3.61. The largest absolute Gasteiger partial charge is 0.360 e. The van der Waals surface area contributed by atoms with Crippen LogP contribution in [0.1, 0.15) is 35.9 Å². The Morgan fingerprint density at radius 3 is 2.59 bits per heavy atom. The first-order valence-electron chi connectivity index (χ1n) is 9.38. The molecule has 0 radical (unpaired) electrons. The van der Waals surface area contributed by atoms with Crippen molar-refractivity contribution in [1.29, 1.82) is 0 Å². The molecule has 152 valence electrons. The molecule has 0 atom stereocenters. The number of hydrogen-bond acceptors (Lipinski definition) is 8. The third kappa shape index (κ3) is 3.99. The first-order valence-corrected chi connectivity index (χ1v) is 10.8. The lowest BCUT2D eigenvalue weighted by atomic mass is 9.94. The van der Waals surface area contributed by atoms with E-state index < -0.39 is 10.0 Å². The molecule has 4 rings (SSSR count). The van der Waals surface area contributed by atoms with E-state index in [-0.39, 0.29) is 10.8 Å². The van der Waals surface area contributed by atoms with Crippen molar-refractivity contribution in [2.75, 3.05) is 18.4 Å². The van der Waals surface area contributed by atoms with Crippen molar-refractivity contribution in [3.63, 3.8) is 0 Å². The molecule has 1 fully saturated rings. The minimum atomic E-state index is -3.61. The van der Waals surface area contributed by atoms with Crippen LogP contribution < -0.4 is 5.32 Å². The maximum atomic E-state index is 13.0. The van der Waals surface area contributed by atoms with E-state index in [1.807, 2.05) is 18.2 Å². The molecule has 1 aliphatic rings. The Morgan fingerprint density at radius 2 is 1.93 bits per heavy atom. The SMILES string of the molecule is Cc1noc(C)c1S(=O)(=O)N1CCC(c2cccc(Nc3cnccn3)n2)CC1. The van der Waals surface area contributed by atoms with Gasteiger partial charge in [-0.25, -0.2) is 18.4 Å². The Hall–Kier alpha value is -2.85. The Bertz CT molecular complexity index is 1070. The molecule has 0 spiro atoms. The van der Waals surface area contributed by atoms with Gasteiger partial charge in [-0.15, -0.1) is 0 Å². The van der Waals surface area contributed by atoms with E-state index in [2.05, 4.69) is 25.4 Å². The van der Waals surface area contributed by atoms with Crippen LogP contribution in [0.25, 0.3) is 0 Å². The van der Waals surface area contributed by atoms with Gasteiger partial charge in [-0.3, -0.25) is 4.98 Å². The summed E-state index contributed by atoms with van der Waals surface area (Å²) in [5.74, 6) is 1.83. The summed E-state index contributed by atoms with van der Waals surface area (Å²) in [5.41, 5.74) is 1.34. The van der Waals surface area contributed by atoms with Crippen LogP contribution in [0.3, 0.4) is 0 Å². The Balaban J connectivity index is 1.45. The maximum Gasteiger partial charge on any atom is 0.248 e. The lowest BCUT2D eigenvalue weighted by Crippen LogP contribution is -2.38. The average molecular weight is 414 g/mol. The molecule has 4 heterocycles. The standard InChI is InChI=1S/C19H22N6O3S/c1-13-19(14(2)28-24-13)29(26,27)25-10-6-15(7-11-25)16-4-3-5-17(22-16)23-18-12-20-8-9-21-18/h3-5,8-9,12,15H,6-7,10-11H2,1-2H3,(H,21,22,23). The zero-order valence-corrected chi connectivity index (χ0v) is 17.1. The summed E-state index contributed by atoms with van der Waals surface area (Å²) in [6.07, 6.45) is 6.25. The lowest BCUT2D eigenvalue weighted by Gasteiger charge is -2.31. The molecular formula is C19H22N6O3S. The van der Waals surface area contributed by atoms with E-state index in [1.54, 1.807) is 32.4 Å². The molecule has 1 aliphatic heterocycles. The van der Waals surface area contributed by atoms with Crippen molar-refractivity contribution >= 4 is 21.7 Å². The number of piperidine rings is 1. The number of nitrogens with zero attached hydrogens (tertiary/aromatic N) is 5. The molecule has 0 bridgehead atoms. The highest BCUT2D eigenvalue weighted by Gasteiger charge is 2.34. The van der Waals surface area contributed by atoms with Gasteiger partial charge in [-0.05, 0) is 38.8 Å². The van der Waals surface area contributed by atoms with Crippen molar-refractivity contribution in [2.24, 2.45) is 0 Å². The van der Waals surface area contributed by atoms with Crippen molar-refractivity contribution in [2.45, 2.75) is 37.5 Å². The second-order valence-electron chi connectivity index (χ2n) is 6.99. The van der Waals surface area contributed by atoms with Gasteiger partial charge in [-0.2, -0.15) is 4.31 Å². The molecule has 0 aromatic carbocycles. The van der Waals surface area contributed by atoms with Gasteiger partial charge in [0.2, 0.25) is 10.0 Å². The summed E-state index contributed by atoms with van der Waals surface area (Å²) in [5, 5.41) is 6.92. The molecule has 1 saturated heterocycles. The fourth-order valence-corrected chi connectivity index (χ4v) is 5.37. The number of aryl methyl sites for hydroxylation is 2. The topological polar surface area (TPSA) is 114 Å². The van der Waals surface area contributed by atoms with Crippen LogP contribution in [0.5, 0.6) is 0 Å². The summed E-state index contributed by atoms with van der Waals surface area (Å²) in [6.45, 7) is 4.13. The molecule has 9 nitrogen and oxygen atoms in total. The van der Waals surface area contributed by atoms with E-state index >= 15 is 0 Å². The first kappa shape index (κ1) is 19.5. The number of rotatable bonds is 5. The molecule has 29 heavy (non-hydrogen) atoms. The summed E-state index contributed by atoms with van der Waals surface area (Å²) in [4.78, 5) is 13.1. The fourth-order valence-electron chi connectivity index (χ4n) is 3.61. The molecule has 1 N–H and O–H groups in total. The number of aromatic nitrogens is 4. The Kier molecular flexibility index (Phi) is 5.29. The highest BCUT2D eigenvalue weighted by Crippen LogP contribution is 2.32. The van der Waals surface area contributed by atoms with Crippen molar-refractivity contribution in [1.82, 2.24) is 24.4 Å². The number of sulfonamides is 1. The smallest absolute Gasteiger partial charge is 0.248 e. The summed E-state index contributed by atoms with van der Waals surface area (Å²) >= 11 is 0. The minimum absolute atomic E-state index is 0.184. The molecular weight excluding hydrogens is 392 g/mol. The van der Waals surface area contributed by atoms with Crippen LogP contribution in [-0.4, -0.2) is 45.9 Å². The number of pyridine rings is 1. The number of anilines is 2. The highest BCUT2D eigenvalue weighted by molar-refractivity contribution is 7.89. The van der Waals surface area contributed by atoms with Gasteiger partial charge in [0, 0.05) is 37.1 Å². The zero-order chi connectivity index (χ0) is 20.4. The van der Waals surface area contributed by atoms with Crippen LogP contribution in [0.2, 0.25) is 0 Å². The van der Waals surface area contributed by atoms with Crippen LogP contribution in [-0.2, 0) is 10.0 Å². The van der Waals surface area contributed by atoms with Gasteiger partial charge in [0.1, 0.15) is 22.2 Å². The first-order chi connectivity index (χ1) is 13.9. The minimum Gasteiger partial charge on any atom is -0.360 e. The van der Waals surface area contributed by atoms with Gasteiger partial charge in [0.05, 0.1) is 6.20 Å². The second kappa shape index (κ2) is 7.88. The molecule has 10 heteroatoms. The van der Waals surface area contributed by atoms with E-state index in [9.17, 15) is 8.42 Å². The predicted octanol–water partition coefficient (Wildman–Crippen LogP) is 2.79. The van der Waals surface area contributed by atoms with Gasteiger partial charge in [0.15, 0.2) is 5.76 Å². The third-order valence-corrected chi connectivity index (χ3v) is 7.17. The predicted molar refractivity (Wildman–Crippen MR) is 106 cm³/mol. The normalized spacial score (nSPS) is 16.1. The molecule has 0 saturated carbocycles. The van der Waals surface area contributed by atoms with Gasteiger partial charge in [0.25, 0.3) is 0 Å². The molecule has 0 aliphatic carbocycles. The summed E-state index contributed by atoms with van der Waals surface area (Å²) in [6, 6.07) is 5.79. The fraction of sp³-hybridized carbons (Fsp3) is 0.368. The van der Waals surface area contributed by atoms with Crippen LogP contribution in [0.15, 0.2) is 46.2 Å². The second-order valence-corrected chi connectivity index (χ2v) is 8.87. The van der Waals surface area contributed by atoms with Gasteiger partial charge in [-0.1, -0.05) is 11.2 Å². The van der Waals surface area contributed by atoms with E-state index in [0.717, 1.165) is 5.69 Å². The van der Waals surface area contributed by atoms with Crippen LogP contribution in [0.4, 0.5) is 11.6 Å². The van der Waals surface area contributed by atoms with Crippen molar-refractivity contribution < 1.29 is 12.9 Å². The average Bonchev–Trinajstić information content (AvgIpc) is 3.08. The summed E-state index contributed by atoms with van der Waals surface area (Å²) < 4.78 is 32.5. The maximum absolute atomic E-state index is 13.0. The van der Waals surface area contributed by atoms with Crippen molar-refractivity contribution in [3.05, 3.63) is 53.9 Å².